The molecule has 0 heterocycles. The van der Waals surface area contributed by atoms with Gasteiger partial charge in [0.05, 0.1) is 16.3 Å². The van der Waals surface area contributed by atoms with Crippen LogP contribution >= 0.6 is 23.2 Å². The third-order valence-corrected chi connectivity index (χ3v) is 3.14. The molecule has 0 fully saturated rings. The van der Waals surface area contributed by atoms with Gasteiger partial charge in [-0.25, -0.2) is 5.43 Å². The minimum atomic E-state index is -0.863. The molecule has 0 saturated carbocycles. The topological polar surface area (TPSA) is 79.8 Å². The number of hydrogen-bond donors (Lipinski definition) is 2. The first kappa shape index (κ1) is 19.8. The lowest BCUT2D eigenvalue weighted by atomic mass is 10.2. The Morgan fingerprint density at radius 2 is 1.96 bits per heavy atom. The molecule has 24 heavy (non-hydrogen) atoms. The first-order chi connectivity index (χ1) is 11.3. The van der Waals surface area contributed by atoms with E-state index in [0.29, 0.717) is 12.1 Å². The van der Waals surface area contributed by atoms with Crippen molar-refractivity contribution >= 4 is 41.2 Å². The van der Waals surface area contributed by atoms with Crippen LogP contribution in [0.5, 0.6) is 5.75 Å². The molecule has 0 radical (unpaired) electrons. The van der Waals surface area contributed by atoms with Gasteiger partial charge in [-0.15, -0.1) is 6.42 Å². The summed E-state index contributed by atoms with van der Waals surface area (Å²) in [6.07, 6.45) is 6.41. The van der Waals surface area contributed by atoms with Crippen molar-refractivity contribution in [2.45, 2.75) is 13.8 Å². The molecule has 0 spiro atoms. The molecule has 1 aromatic rings. The Labute approximate surface area is 150 Å². The number of hydrogen-bond acceptors (Lipinski definition) is 4. The van der Waals surface area contributed by atoms with Gasteiger partial charge in [-0.1, -0.05) is 43.0 Å². The van der Waals surface area contributed by atoms with E-state index in [1.165, 1.54) is 18.3 Å². The third kappa shape index (κ3) is 6.49. The molecule has 2 N–H and O–H groups in total. The van der Waals surface area contributed by atoms with E-state index in [9.17, 15) is 9.59 Å². The number of amides is 2. The first-order valence-corrected chi connectivity index (χ1v) is 7.77. The molecule has 2 amide bonds. The molecule has 0 saturated heterocycles. The Balaban J connectivity index is 2.66. The highest BCUT2D eigenvalue weighted by atomic mass is 35.5. The van der Waals surface area contributed by atoms with Gasteiger partial charge in [0, 0.05) is 6.54 Å². The van der Waals surface area contributed by atoms with E-state index < -0.39 is 11.8 Å². The second-order valence-electron chi connectivity index (χ2n) is 5.11. The van der Waals surface area contributed by atoms with Crippen LogP contribution in [0.2, 0.25) is 10.0 Å². The van der Waals surface area contributed by atoms with Crippen molar-refractivity contribution < 1.29 is 14.3 Å². The van der Waals surface area contributed by atoms with Crippen LogP contribution in [0.3, 0.4) is 0 Å². The van der Waals surface area contributed by atoms with Gasteiger partial charge in [0.2, 0.25) is 0 Å². The molecule has 0 unspecified atom stereocenters. The van der Waals surface area contributed by atoms with Crippen LogP contribution in [-0.4, -0.2) is 31.2 Å². The Hall–Kier alpha value is -2.23. The van der Waals surface area contributed by atoms with E-state index in [4.69, 9.17) is 34.4 Å². The van der Waals surface area contributed by atoms with Crippen LogP contribution in [0.25, 0.3) is 0 Å². The fraction of sp³-hybridized carbons (Fsp3) is 0.312. The van der Waals surface area contributed by atoms with Crippen molar-refractivity contribution in [3.8, 4) is 18.1 Å². The SMILES string of the molecule is C#CCOc1c(Cl)cc(/C=N\NC(=O)C(=O)NCC(C)C)cc1Cl. The largest absolute Gasteiger partial charge is 0.478 e. The minimum Gasteiger partial charge on any atom is -0.478 e. The molecule has 128 valence electrons. The van der Waals surface area contributed by atoms with Crippen LogP contribution in [0.1, 0.15) is 19.4 Å². The smallest absolute Gasteiger partial charge is 0.329 e. The quantitative estimate of drug-likeness (QED) is 0.349. The maximum Gasteiger partial charge on any atom is 0.329 e. The Kier molecular flexibility index (Phi) is 8.10. The van der Waals surface area contributed by atoms with Crippen molar-refractivity contribution in [1.82, 2.24) is 10.7 Å². The number of halogens is 2. The number of carbonyl (C=O) groups excluding carboxylic acids is 2. The van der Waals surface area contributed by atoms with Crippen LogP contribution in [0.15, 0.2) is 17.2 Å². The Morgan fingerprint density at radius 1 is 1.33 bits per heavy atom. The van der Waals surface area contributed by atoms with E-state index >= 15 is 0 Å². The molecular weight excluding hydrogens is 353 g/mol. The van der Waals surface area contributed by atoms with Gasteiger partial charge in [-0.3, -0.25) is 9.59 Å². The van der Waals surface area contributed by atoms with E-state index in [0.717, 1.165) is 0 Å². The number of nitrogens with zero attached hydrogens (tertiary/aromatic N) is 1. The molecular formula is C16H17Cl2N3O3. The first-order valence-electron chi connectivity index (χ1n) is 7.01. The monoisotopic (exact) mass is 369 g/mol. The van der Waals surface area contributed by atoms with Gasteiger partial charge in [0.15, 0.2) is 5.75 Å². The van der Waals surface area contributed by atoms with Gasteiger partial charge in [-0.2, -0.15) is 5.10 Å². The van der Waals surface area contributed by atoms with Crippen LogP contribution in [-0.2, 0) is 9.59 Å². The number of carbonyl (C=O) groups is 2. The van der Waals surface area contributed by atoms with Crippen LogP contribution in [0, 0.1) is 18.3 Å². The Bertz CT molecular complexity index is 659. The summed E-state index contributed by atoms with van der Waals surface area (Å²) in [4.78, 5) is 23.0. The van der Waals surface area contributed by atoms with E-state index in [-0.39, 0.29) is 28.3 Å². The van der Waals surface area contributed by atoms with E-state index in [1.807, 2.05) is 13.8 Å². The maximum atomic E-state index is 11.5. The molecule has 0 aliphatic heterocycles. The summed E-state index contributed by atoms with van der Waals surface area (Å²) in [5.41, 5.74) is 2.63. The maximum absolute atomic E-state index is 11.5. The normalized spacial score (nSPS) is 10.5. The number of ether oxygens (including phenoxy) is 1. The standard InChI is InChI=1S/C16H17Cl2N3O3/c1-4-5-24-14-12(17)6-11(7-13(14)18)9-20-21-16(23)15(22)19-8-10(2)3/h1,6-7,9-10H,5,8H2,2-3H3,(H,19,22)(H,21,23)/b20-9-. The van der Waals surface area contributed by atoms with Gasteiger partial charge in [-0.05, 0) is 23.6 Å². The second-order valence-corrected chi connectivity index (χ2v) is 5.92. The lowest BCUT2D eigenvalue weighted by Gasteiger charge is -2.08. The summed E-state index contributed by atoms with van der Waals surface area (Å²) >= 11 is 12.1. The molecule has 1 rings (SSSR count). The summed E-state index contributed by atoms with van der Waals surface area (Å²) < 4.78 is 5.22. The number of hydrazone groups is 1. The number of benzene rings is 1. The van der Waals surface area contributed by atoms with Gasteiger partial charge < -0.3 is 10.1 Å². The highest BCUT2D eigenvalue weighted by Gasteiger charge is 2.12. The average molecular weight is 370 g/mol. The molecule has 0 bridgehead atoms. The number of rotatable bonds is 6. The average Bonchev–Trinajstić information content (AvgIpc) is 2.51. The van der Waals surface area contributed by atoms with Gasteiger partial charge in [0.1, 0.15) is 6.61 Å². The predicted molar refractivity (Wildman–Crippen MR) is 94.4 cm³/mol. The third-order valence-electron chi connectivity index (χ3n) is 2.58. The summed E-state index contributed by atoms with van der Waals surface area (Å²) in [6, 6.07) is 3.07. The summed E-state index contributed by atoms with van der Waals surface area (Å²) in [6.45, 7) is 4.27. The molecule has 0 aliphatic carbocycles. The van der Waals surface area contributed by atoms with Crippen LogP contribution < -0.4 is 15.5 Å². The van der Waals surface area contributed by atoms with Gasteiger partial charge >= 0.3 is 11.8 Å². The number of nitrogens with one attached hydrogen (secondary N) is 2. The molecule has 0 aromatic heterocycles. The van der Waals surface area contributed by atoms with E-state index in [1.54, 1.807) is 0 Å². The molecule has 1 aromatic carbocycles. The van der Waals surface area contributed by atoms with Crippen LogP contribution in [0.4, 0.5) is 0 Å². The van der Waals surface area contributed by atoms with Crippen molar-refractivity contribution in [3.05, 3.63) is 27.7 Å². The fourth-order valence-corrected chi connectivity index (χ4v) is 2.11. The Morgan fingerprint density at radius 3 is 2.50 bits per heavy atom. The zero-order valence-corrected chi connectivity index (χ0v) is 14.7. The lowest BCUT2D eigenvalue weighted by Crippen LogP contribution is -2.39. The second kappa shape index (κ2) is 9.81. The minimum absolute atomic E-state index is 0.0361. The van der Waals surface area contributed by atoms with Crippen molar-refractivity contribution in [2.24, 2.45) is 11.0 Å². The predicted octanol–water partition coefficient (Wildman–Crippen LogP) is 2.23. The molecule has 6 nitrogen and oxygen atoms in total. The molecule has 0 atom stereocenters. The number of terminal acetylenes is 1. The van der Waals surface area contributed by atoms with E-state index in [2.05, 4.69) is 21.8 Å². The lowest BCUT2D eigenvalue weighted by molar-refractivity contribution is -0.139. The van der Waals surface area contributed by atoms with Gasteiger partial charge in [0.25, 0.3) is 0 Å². The molecule has 0 aliphatic rings. The van der Waals surface area contributed by atoms with Crippen molar-refractivity contribution in [3.63, 3.8) is 0 Å². The molecule has 8 heteroatoms. The summed E-state index contributed by atoms with van der Waals surface area (Å²) in [5.74, 6) is 1.20. The zero-order valence-electron chi connectivity index (χ0n) is 13.2. The summed E-state index contributed by atoms with van der Waals surface area (Å²) in [5, 5.41) is 6.66. The highest BCUT2D eigenvalue weighted by Crippen LogP contribution is 2.33. The van der Waals surface area contributed by atoms with Crippen molar-refractivity contribution in [2.75, 3.05) is 13.2 Å². The highest BCUT2D eigenvalue weighted by molar-refractivity contribution is 6.37. The summed E-state index contributed by atoms with van der Waals surface area (Å²) in [7, 11) is 0. The fourth-order valence-electron chi connectivity index (χ4n) is 1.50. The zero-order chi connectivity index (χ0) is 18.1. The van der Waals surface area contributed by atoms with Crippen molar-refractivity contribution in [1.29, 1.82) is 0 Å².